The van der Waals surface area contributed by atoms with Crippen molar-refractivity contribution in [2.24, 2.45) is 0 Å². The fourth-order valence-electron chi connectivity index (χ4n) is 3.32. The lowest BCUT2D eigenvalue weighted by atomic mass is 10.1. The molecule has 0 spiro atoms. The topological polar surface area (TPSA) is 56.6 Å². The highest BCUT2D eigenvalue weighted by Gasteiger charge is 2.21. The van der Waals surface area contributed by atoms with Crippen LogP contribution in [0.5, 0.6) is 5.75 Å². The molecule has 0 radical (unpaired) electrons. The van der Waals surface area contributed by atoms with E-state index in [1.54, 1.807) is 11.0 Å². The van der Waals surface area contributed by atoms with Crippen LogP contribution in [0.4, 0.5) is 4.39 Å². The number of ether oxygens (including phenoxy) is 1. The van der Waals surface area contributed by atoms with Crippen LogP contribution < -0.4 is 4.74 Å². The molecule has 1 saturated heterocycles. The van der Waals surface area contributed by atoms with Crippen molar-refractivity contribution in [1.82, 2.24) is 9.80 Å². The molecule has 0 bridgehead atoms. The van der Waals surface area contributed by atoms with Gasteiger partial charge in [0.1, 0.15) is 0 Å². The second-order valence-electron chi connectivity index (χ2n) is 6.54. The van der Waals surface area contributed by atoms with Gasteiger partial charge in [-0.25, -0.2) is 4.39 Å². The number of methoxy groups -OCH3 is 1. The lowest BCUT2D eigenvalue weighted by molar-refractivity contribution is 0.0760. The maximum atomic E-state index is 13.9. The van der Waals surface area contributed by atoms with Gasteiger partial charge in [0.2, 0.25) is 0 Å². The zero-order chi connectivity index (χ0) is 19.2. The first-order valence-electron chi connectivity index (χ1n) is 8.95. The molecule has 27 heavy (non-hydrogen) atoms. The third-order valence-corrected chi connectivity index (χ3v) is 4.81. The normalized spacial score (nSPS) is 15.1. The van der Waals surface area contributed by atoms with Crippen molar-refractivity contribution in [1.29, 1.82) is 5.26 Å². The third-order valence-electron chi connectivity index (χ3n) is 4.81. The molecule has 6 heteroatoms. The first-order chi connectivity index (χ1) is 13.1. The van der Waals surface area contributed by atoms with E-state index in [-0.39, 0.29) is 11.7 Å². The van der Waals surface area contributed by atoms with Gasteiger partial charge in [-0.15, -0.1) is 0 Å². The summed E-state index contributed by atoms with van der Waals surface area (Å²) < 4.78 is 18.8. The first kappa shape index (κ1) is 18.9. The maximum absolute atomic E-state index is 13.9. The third kappa shape index (κ3) is 4.44. The number of nitriles is 1. The predicted octanol–water partition coefficient (Wildman–Crippen LogP) is 3.05. The van der Waals surface area contributed by atoms with Crippen molar-refractivity contribution >= 4 is 5.91 Å². The number of hydrogen-bond acceptors (Lipinski definition) is 4. The van der Waals surface area contributed by atoms with Crippen LogP contribution in [-0.2, 0) is 6.54 Å². The summed E-state index contributed by atoms with van der Waals surface area (Å²) in [5.41, 5.74) is 2.01. The molecule has 0 saturated carbocycles. The fraction of sp³-hybridized carbons (Fsp3) is 0.333. The molecular weight excluding hydrogens is 345 g/mol. The average Bonchev–Trinajstić information content (AvgIpc) is 2.93. The number of rotatable bonds is 4. The van der Waals surface area contributed by atoms with Crippen molar-refractivity contribution in [3.05, 3.63) is 65.0 Å². The van der Waals surface area contributed by atoms with Gasteiger partial charge in [0.05, 0.1) is 18.7 Å². The van der Waals surface area contributed by atoms with Crippen molar-refractivity contribution in [2.75, 3.05) is 33.3 Å². The van der Waals surface area contributed by atoms with E-state index in [1.165, 1.54) is 19.2 Å². The van der Waals surface area contributed by atoms with E-state index in [4.69, 9.17) is 4.74 Å². The summed E-state index contributed by atoms with van der Waals surface area (Å²) in [5, 5.41) is 9.24. The van der Waals surface area contributed by atoms with Crippen molar-refractivity contribution in [2.45, 2.75) is 13.0 Å². The molecule has 0 atom stereocenters. The van der Waals surface area contributed by atoms with Gasteiger partial charge in [-0.2, -0.15) is 5.26 Å². The lowest BCUT2D eigenvalue weighted by Gasteiger charge is -2.22. The minimum Gasteiger partial charge on any atom is -0.494 e. The number of amides is 1. The Morgan fingerprint density at radius 2 is 2.00 bits per heavy atom. The molecule has 3 rings (SSSR count). The molecule has 1 heterocycles. The SMILES string of the molecule is COc1ccc(C(=O)N2CCCN(Cc3ccccc3C#N)CC2)cc1F. The molecule has 2 aromatic rings. The van der Waals surface area contributed by atoms with Gasteiger partial charge in [0, 0.05) is 38.3 Å². The summed E-state index contributed by atoms with van der Waals surface area (Å²) in [6, 6.07) is 14.1. The van der Waals surface area contributed by atoms with Gasteiger partial charge >= 0.3 is 0 Å². The largest absolute Gasteiger partial charge is 0.494 e. The summed E-state index contributed by atoms with van der Waals surface area (Å²) in [6.45, 7) is 3.44. The summed E-state index contributed by atoms with van der Waals surface area (Å²) in [5.74, 6) is -0.575. The van der Waals surface area contributed by atoms with Gasteiger partial charge in [0.25, 0.3) is 5.91 Å². The van der Waals surface area contributed by atoms with Crippen LogP contribution in [0.25, 0.3) is 0 Å². The van der Waals surface area contributed by atoms with Gasteiger partial charge < -0.3 is 9.64 Å². The second kappa shape index (κ2) is 8.65. The standard InChI is InChI=1S/C21H22FN3O2/c1-27-20-8-7-16(13-19(20)22)21(26)25-10-4-9-24(11-12-25)15-18-6-3-2-5-17(18)14-23/h2-3,5-8,13H,4,9-12,15H2,1H3. The Morgan fingerprint density at radius 3 is 2.74 bits per heavy atom. The zero-order valence-electron chi connectivity index (χ0n) is 15.3. The molecule has 0 N–H and O–H groups in total. The molecule has 1 aliphatic rings. The number of benzene rings is 2. The van der Waals surface area contributed by atoms with E-state index in [0.29, 0.717) is 37.3 Å². The van der Waals surface area contributed by atoms with Crippen LogP contribution >= 0.6 is 0 Å². The van der Waals surface area contributed by atoms with Crippen LogP contribution in [0, 0.1) is 17.1 Å². The molecule has 0 aliphatic carbocycles. The summed E-state index contributed by atoms with van der Waals surface area (Å²) in [7, 11) is 1.40. The second-order valence-corrected chi connectivity index (χ2v) is 6.54. The summed E-state index contributed by atoms with van der Waals surface area (Å²) in [6.07, 6.45) is 0.832. The highest BCUT2D eigenvalue weighted by atomic mass is 19.1. The molecular formula is C21H22FN3O2. The van der Waals surface area contributed by atoms with Crippen molar-refractivity contribution in [3.8, 4) is 11.8 Å². The Labute approximate surface area is 158 Å². The summed E-state index contributed by atoms with van der Waals surface area (Å²) in [4.78, 5) is 16.7. The van der Waals surface area contributed by atoms with Gasteiger partial charge in [0.15, 0.2) is 11.6 Å². The molecule has 0 unspecified atom stereocenters. The van der Waals surface area contributed by atoms with E-state index in [1.807, 2.05) is 24.3 Å². The molecule has 2 aromatic carbocycles. The molecule has 1 fully saturated rings. The first-order valence-corrected chi connectivity index (χ1v) is 8.95. The van der Waals surface area contributed by atoms with E-state index in [9.17, 15) is 14.4 Å². The molecule has 5 nitrogen and oxygen atoms in total. The molecule has 0 aromatic heterocycles. The van der Waals surface area contributed by atoms with Crippen LogP contribution in [0.3, 0.4) is 0 Å². The zero-order valence-corrected chi connectivity index (χ0v) is 15.3. The van der Waals surface area contributed by atoms with E-state index >= 15 is 0 Å². The van der Waals surface area contributed by atoms with Crippen LogP contribution in [0.2, 0.25) is 0 Å². The van der Waals surface area contributed by atoms with Crippen LogP contribution in [0.1, 0.15) is 27.9 Å². The number of hydrogen-bond donors (Lipinski definition) is 0. The van der Waals surface area contributed by atoms with E-state index < -0.39 is 5.82 Å². The Morgan fingerprint density at radius 1 is 1.19 bits per heavy atom. The number of halogens is 1. The van der Waals surface area contributed by atoms with Crippen LogP contribution in [0.15, 0.2) is 42.5 Å². The maximum Gasteiger partial charge on any atom is 0.254 e. The Hall–Kier alpha value is -2.91. The highest BCUT2D eigenvalue weighted by Crippen LogP contribution is 2.20. The average molecular weight is 367 g/mol. The molecule has 1 aliphatic heterocycles. The number of nitrogens with zero attached hydrogens (tertiary/aromatic N) is 3. The quantitative estimate of drug-likeness (QED) is 0.833. The predicted molar refractivity (Wildman–Crippen MR) is 99.9 cm³/mol. The highest BCUT2D eigenvalue weighted by molar-refractivity contribution is 5.94. The minimum absolute atomic E-state index is 0.129. The smallest absolute Gasteiger partial charge is 0.254 e. The van der Waals surface area contributed by atoms with Gasteiger partial charge in [-0.1, -0.05) is 18.2 Å². The van der Waals surface area contributed by atoms with E-state index in [0.717, 1.165) is 18.5 Å². The van der Waals surface area contributed by atoms with Crippen molar-refractivity contribution in [3.63, 3.8) is 0 Å². The number of carbonyl (C=O) groups excluding carboxylic acids is 1. The Balaban J connectivity index is 1.65. The molecule has 140 valence electrons. The summed E-state index contributed by atoms with van der Waals surface area (Å²) >= 11 is 0. The fourth-order valence-corrected chi connectivity index (χ4v) is 3.32. The van der Waals surface area contributed by atoms with E-state index in [2.05, 4.69) is 11.0 Å². The lowest BCUT2D eigenvalue weighted by Crippen LogP contribution is -2.35. The van der Waals surface area contributed by atoms with Crippen molar-refractivity contribution < 1.29 is 13.9 Å². The van der Waals surface area contributed by atoms with Gasteiger partial charge in [-0.3, -0.25) is 9.69 Å². The monoisotopic (exact) mass is 367 g/mol. The Kier molecular flexibility index (Phi) is 6.05. The minimum atomic E-state index is -0.534. The Bertz CT molecular complexity index is 863. The number of carbonyl (C=O) groups is 1. The van der Waals surface area contributed by atoms with Gasteiger partial charge in [-0.05, 0) is 36.2 Å². The van der Waals surface area contributed by atoms with Crippen LogP contribution in [-0.4, -0.2) is 49.0 Å². The molecule has 1 amide bonds.